The zero-order valence-electron chi connectivity index (χ0n) is 12.9. The molecule has 0 aliphatic heterocycles. The average molecular weight is 349 g/mol. The van der Waals surface area contributed by atoms with Crippen molar-refractivity contribution in [3.05, 3.63) is 0 Å². The fraction of sp³-hybridized carbons (Fsp3) is 0.692. The summed E-state index contributed by atoms with van der Waals surface area (Å²) in [5.41, 5.74) is 5.30. The van der Waals surface area contributed by atoms with E-state index in [0.29, 0.717) is 6.42 Å². The summed E-state index contributed by atoms with van der Waals surface area (Å²) in [6.07, 6.45) is 0.347. The molecule has 0 aromatic rings. The molecule has 9 nitrogen and oxygen atoms in total. The Hall–Kier alpha value is -1.81. The first kappa shape index (κ1) is 21.2. The predicted molar refractivity (Wildman–Crippen MR) is 85.1 cm³/mol. The second-order valence-corrected chi connectivity index (χ2v) is 5.30. The molecule has 0 bridgehead atoms. The SMILES string of the molecule is CCCN(CC(=O)O)C(=O)C(CS)NC(=O)CCC(N)C(=O)O. The number of carboxylic acid groups (broad SMARTS) is 2. The van der Waals surface area contributed by atoms with E-state index in [1.54, 1.807) is 6.92 Å². The third kappa shape index (κ3) is 8.41. The van der Waals surface area contributed by atoms with Crippen molar-refractivity contribution >= 4 is 36.4 Å². The van der Waals surface area contributed by atoms with E-state index < -0.39 is 42.4 Å². The molecule has 5 N–H and O–H groups in total. The number of nitrogens with two attached hydrogens (primary N) is 1. The van der Waals surface area contributed by atoms with E-state index in [1.165, 1.54) is 0 Å². The summed E-state index contributed by atoms with van der Waals surface area (Å²) in [5, 5.41) is 19.9. The van der Waals surface area contributed by atoms with E-state index in [-0.39, 0.29) is 25.1 Å². The summed E-state index contributed by atoms with van der Waals surface area (Å²) in [7, 11) is 0. The Kier molecular flexibility index (Phi) is 9.99. The van der Waals surface area contributed by atoms with Crippen molar-refractivity contribution in [1.82, 2.24) is 10.2 Å². The first-order valence-electron chi connectivity index (χ1n) is 7.12. The minimum Gasteiger partial charge on any atom is -0.480 e. The highest BCUT2D eigenvalue weighted by molar-refractivity contribution is 7.80. The van der Waals surface area contributed by atoms with Crippen LogP contribution in [0, 0.1) is 0 Å². The number of hydrogen-bond acceptors (Lipinski definition) is 6. The largest absolute Gasteiger partial charge is 0.480 e. The molecule has 0 saturated heterocycles. The minimum absolute atomic E-state index is 0.00457. The molecule has 0 radical (unpaired) electrons. The fourth-order valence-corrected chi connectivity index (χ4v) is 2.03. The summed E-state index contributed by atoms with van der Waals surface area (Å²) in [5.74, 6) is -3.45. The Labute approximate surface area is 139 Å². The number of amides is 2. The molecule has 0 spiro atoms. The van der Waals surface area contributed by atoms with E-state index >= 15 is 0 Å². The van der Waals surface area contributed by atoms with Crippen molar-refractivity contribution in [2.45, 2.75) is 38.3 Å². The Morgan fingerprint density at radius 2 is 1.87 bits per heavy atom. The number of rotatable bonds is 11. The van der Waals surface area contributed by atoms with Gasteiger partial charge in [0.1, 0.15) is 18.6 Å². The first-order chi connectivity index (χ1) is 10.7. The van der Waals surface area contributed by atoms with Crippen LogP contribution in [0.4, 0.5) is 0 Å². The molecule has 2 atom stereocenters. The van der Waals surface area contributed by atoms with Gasteiger partial charge in [0.2, 0.25) is 11.8 Å². The van der Waals surface area contributed by atoms with Crippen LogP contribution in [0.3, 0.4) is 0 Å². The zero-order valence-corrected chi connectivity index (χ0v) is 13.8. The Balaban J connectivity index is 4.65. The molecule has 2 unspecified atom stereocenters. The average Bonchev–Trinajstić information content (AvgIpc) is 2.48. The Morgan fingerprint density at radius 1 is 1.26 bits per heavy atom. The molecule has 23 heavy (non-hydrogen) atoms. The van der Waals surface area contributed by atoms with Crippen molar-refractivity contribution < 1.29 is 29.4 Å². The maximum absolute atomic E-state index is 12.3. The lowest BCUT2D eigenvalue weighted by molar-refractivity contribution is -0.145. The quantitative estimate of drug-likeness (QED) is 0.298. The highest BCUT2D eigenvalue weighted by Crippen LogP contribution is 2.02. The van der Waals surface area contributed by atoms with Crippen molar-refractivity contribution in [2.24, 2.45) is 5.73 Å². The maximum Gasteiger partial charge on any atom is 0.323 e. The highest BCUT2D eigenvalue weighted by atomic mass is 32.1. The second-order valence-electron chi connectivity index (χ2n) is 4.94. The van der Waals surface area contributed by atoms with E-state index in [0.717, 1.165) is 4.90 Å². The molecule has 2 amide bonds. The van der Waals surface area contributed by atoms with Gasteiger partial charge in [-0.05, 0) is 12.8 Å². The second kappa shape index (κ2) is 10.8. The number of nitrogens with one attached hydrogen (secondary N) is 1. The normalized spacial score (nSPS) is 13.0. The first-order valence-corrected chi connectivity index (χ1v) is 7.75. The van der Waals surface area contributed by atoms with Gasteiger partial charge < -0.3 is 26.2 Å². The molecular weight excluding hydrogens is 326 g/mol. The summed E-state index contributed by atoms with van der Waals surface area (Å²) in [4.78, 5) is 46.5. The number of thiol groups is 1. The number of carboxylic acids is 2. The summed E-state index contributed by atoms with van der Waals surface area (Å²) in [6.45, 7) is 1.58. The van der Waals surface area contributed by atoms with Gasteiger partial charge in [0.25, 0.3) is 0 Å². The Bertz CT molecular complexity index is 445. The van der Waals surface area contributed by atoms with E-state index in [1.807, 2.05) is 0 Å². The molecule has 0 rings (SSSR count). The lowest BCUT2D eigenvalue weighted by Crippen LogP contribution is -2.51. The monoisotopic (exact) mass is 349 g/mol. The molecule has 0 aromatic heterocycles. The van der Waals surface area contributed by atoms with Crippen LogP contribution in [0.2, 0.25) is 0 Å². The molecule has 0 fully saturated rings. The maximum atomic E-state index is 12.3. The number of nitrogens with zero attached hydrogens (tertiary/aromatic N) is 1. The predicted octanol–water partition coefficient (Wildman–Crippen LogP) is -1.08. The smallest absolute Gasteiger partial charge is 0.323 e. The van der Waals surface area contributed by atoms with Gasteiger partial charge in [0, 0.05) is 18.7 Å². The zero-order chi connectivity index (χ0) is 18.0. The third-order valence-corrected chi connectivity index (χ3v) is 3.31. The van der Waals surface area contributed by atoms with Crippen LogP contribution in [0.1, 0.15) is 26.2 Å². The van der Waals surface area contributed by atoms with Gasteiger partial charge in [-0.2, -0.15) is 12.6 Å². The van der Waals surface area contributed by atoms with Crippen molar-refractivity contribution in [1.29, 1.82) is 0 Å². The van der Waals surface area contributed by atoms with Crippen LogP contribution < -0.4 is 11.1 Å². The van der Waals surface area contributed by atoms with Gasteiger partial charge in [-0.25, -0.2) is 0 Å². The van der Waals surface area contributed by atoms with Crippen molar-refractivity contribution in [2.75, 3.05) is 18.8 Å². The van der Waals surface area contributed by atoms with Gasteiger partial charge in [0.15, 0.2) is 0 Å². The van der Waals surface area contributed by atoms with Gasteiger partial charge in [-0.1, -0.05) is 6.92 Å². The third-order valence-electron chi connectivity index (χ3n) is 2.95. The van der Waals surface area contributed by atoms with E-state index in [9.17, 15) is 19.2 Å². The van der Waals surface area contributed by atoms with Crippen LogP contribution in [-0.2, 0) is 19.2 Å². The Morgan fingerprint density at radius 3 is 2.30 bits per heavy atom. The van der Waals surface area contributed by atoms with Crippen molar-refractivity contribution in [3.63, 3.8) is 0 Å². The molecule has 0 aliphatic rings. The van der Waals surface area contributed by atoms with Gasteiger partial charge in [-0.3, -0.25) is 19.2 Å². The number of aliphatic carboxylic acids is 2. The minimum atomic E-state index is -1.21. The van der Waals surface area contributed by atoms with Crippen LogP contribution in [0.25, 0.3) is 0 Å². The van der Waals surface area contributed by atoms with Gasteiger partial charge in [-0.15, -0.1) is 0 Å². The van der Waals surface area contributed by atoms with Crippen LogP contribution in [-0.4, -0.2) is 69.8 Å². The topological polar surface area (TPSA) is 150 Å². The highest BCUT2D eigenvalue weighted by Gasteiger charge is 2.26. The van der Waals surface area contributed by atoms with Gasteiger partial charge in [0.05, 0.1) is 0 Å². The van der Waals surface area contributed by atoms with Crippen LogP contribution in [0.5, 0.6) is 0 Å². The number of carbonyl (C=O) groups is 4. The molecule has 10 heteroatoms. The molecule has 0 aromatic carbocycles. The van der Waals surface area contributed by atoms with Crippen LogP contribution >= 0.6 is 12.6 Å². The van der Waals surface area contributed by atoms with E-state index in [4.69, 9.17) is 15.9 Å². The van der Waals surface area contributed by atoms with E-state index in [2.05, 4.69) is 17.9 Å². The molecule has 0 heterocycles. The number of carbonyl (C=O) groups excluding carboxylic acids is 2. The molecule has 132 valence electrons. The molecule has 0 saturated carbocycles. The lowest BCUT2D eigenvalue weighted by Gasteiger charge is -2.25. The molecule has 0 aliphatic carbocycles. The summed E-state index contributed by atoms with van der Waals surface area (Å²) >= 11 is 4.00. The standard InChI is InChI=1S/C13H23N3O6S/c1-2-5-16(6-11(18)19)12(20)9(7-23)15-10(17)4-3-8(14)13(21)22/h8-9,23H,2-7,14H2,1H3,(H,15,17)(H,18,19)(H,21,22). The summed E-state index contributed by atoms with van der Waals surface area (Å²) in [6, 6.07) is -2.13. The summed E-state index contributed by atoms with van der Waals surface area (Å²) < 4.78 is 0. The lowest BCUT2D eigenvalue weighted by atomic mass is 10.1. The van der Waals surface area contributed by atoms with Gasteiger partial charge >= 0.3 is 11.9 Å². The van der Waals surface area contributed by atoms with Crippen LogP contribution in [0.15, 0.2) is 0 Å². The fourth-order valence-electron chi connectivity index (χ4n) is 1.78. The molecular formula is C13H23N3O6S. The number of hydrogen-bond donors (Lipinski definition) is 5. The van der Waals surface area contributed by atoms with Crippen molar-refractivity contribution in [3.8, 4) is 0 Å².